The number of hydrogen-bond donors (Lipinski definition) is 0. The lowest BCUT2D eigenvalue weighted by atomic mass is 10.2. The second-order valence-electron chi connectivity index (χ2n) is 3.92. The van der Waals surface area contributed by atoms with Crippen LogP contribution in [0.3, 0.4) is 0 Å². The smallest absolute Gasteiger partial charge is 0.190 e. The van der Waals surface area contributed by atoms with Gasteiger partial charge in [0.2, 0.25) is 0 Å². The molecule has 1 atom stereocenters. The van der Waals surface area contributed by atoms with Gasteiger partial charge in [-0.15, -0.1) is 4.91 Å². The van der Waals surface area contributed by atoms with Gasteiger partial charge < -0.3 is 4.74 Å². The quantitative estimate of drug-likeness (QED) is 0.294. The third-order valence-corrected chi connectivity index (χ3v) is 2.85. The molecule has 3 nitrogen and oxygen atoms in total. The number of unbranched alkanes of at least 4 members (excludes halogenated alkanes) is 3. The van der Waals surface area contributed by atoms with E-state index in [1.54, 1.807) is 12.1 Å². The fraction of sp³-hybridized carbons (Fsp3) is 0.538. The van der Waals surface area contributed by atoms with Gasteiger partial charge in [0.05, 0.1) is 6.61 Å². The van der Waals surface area contributed by atoms with E-state index in [-0.39, 0.29) is 0 Å². The SMILES string of the molecule is CCCCCCOc1ccc(C(Cl)N=O)cc1. The molecular formula is C13H18ClNO2. The van der Waals surface area contributed by atoms with Gasteiger partial charge in [0, 0.05) is 0 Å². The highest BCUT2D eigenvalue weighted by atomic mass is 35.5. The molecule has 1 unspecified atom stereocenters. The summed E-state index contributed by atoms with van der Waals surface area (Å²) in [6.07, 6.45) is 4.75. The Morgan fingerprint density at radius 2 is 1.94 bits per heavy atom. The highest BCUT2D eigenvalue weighted by Crippen LogP contribution is 2.23. The largest absolute Gasteiger partial charge is 0.494 e. The maximum Gasteiger partial charge on any atom is 0.190 e. The van der Waals surface area contributed by atoms with Crippen molar-refractivity contribution in [2.45, 2.75) is 38.1 Å². The number of nitrogens with zero attached hydrogens (tertiary/aromatic N) is 1. The summed E-state index contributed by atoms with van der Waals surface area (Å²) < 4.78 is 5.57. The van der Waals surface area contributed by atoms with Crippen molar-refractivity contribution in [3.8, 4) is 5.75 Å². The molecule has 17 heavy (non-hydrogen) atoms. The maximum absolute atomic E-state index is 10.2. The van der Waals surface area contributed by atoms with Gasteiger partial charge in [0.1, 0.15) is 5.75 Å². The van der Waals surface area contributed by atoms with Crippen LogP contribution in [-0.4, -0.2) is 6.61 Å². The van der Waals surface area contributed by atoms with Crippen molar-refractivity contribution in [1.82, 2.24) is 0 Å². The lowest BCUT2D eigenvalue weighted by Crippen LogP contribution is -1.97. The zero-order valence-electron chi connectivity index (χ0n) is 10.1. The number of alkyl halides is 1. The number of ether oxygens (including phenoxy) is 1. The molecule has 0 aliphatic carbocycles. The van der Waals surface area contributed by atoms with Crippen LogP contribution in [0, 0.1) is 4.91 Å². The first kappa shape index (κ1) is 14.0. The fourth-order valence-corrected chi connectivity index (χ4v) is 1.65. The number of nitroso groups, excluding NO2 is 1. The minimum Gasteiger partial charge on any atom is -0.494 e. The van der Waals surface area contributed by atoms with Gasteiger partial charge in [0.25, 0.3) is 0 Å². The maximum atomic E-state index is 10.2. The van der Waals surface area contributed by atoms with Crippen LogP contribution in [0.2, 0.25) is 0 Å². The summed E-state index contributed by atoms with van der Waals surface area (Å²) in [6, 6.07) is 7.16. The first-order valence-corrected chi connectivity index (χ1v) is 6.41. The first-order valence-electron chi connectivity index (χ1n) is 5.97. The van der Waals surface area contributed by atoms with Gasteiger partial charge in [-0.3, -0.25) is 0 Å². The van der Waals surface area contributed by atoms with E-state index < -0.39 is 5.50 Å². The van der Waals surface area contributed by atoms with E-state index in [2.05, 4.69) is 12.1 Å². The standard InChI is InChI=1S/C13H18ClNO2/c1-2-3-4-5-10-17-12-8-6-11(7-9-12)13(14)15-16/h6-9,13H,2-5,10H2,1H3. The topological polar surface area (TPSA) is 38.7 Å². The Morgan fingerprint density at radius 3 is 2.53 bits per heavy atom. The van der Waals surface area contributed by atoms with E-state index in [1.807, 2.05) is 12.1 Å². The summed E-state index contributed by atoms with van der Waals surface area (Å²) in [5.74, 6) is 0.806. The fourth-order valence-electron chi connectivity index (χ4n) is 1.50. The third kappa shape index (κ3) is 5.18. The van der Waals surface area contributed by atoms with Crippen LogP contribution in [0.1, 0.15) is 43.7 Å². The molecule has 1 aromatic carbocycles. The Bertz CT molecular complexity index is 327. The molecule has 0 amide bonds. The molecule has 0 radical (unpaired) electrons. The summed E-state index contributed by atoms with van der Waals surface area (Å²) in [7, 11) is 0. The van der Waals surface area contributed by atoms with Crippen LogP contribution in [0.5, 0.6) is 5.75 Å². The van der Waals surface area contributed by atoms with Crippen LogP contribution in [0.15, 0.2) is 29.4 Å². The van der Waals surface area contributed by atoms with E-state index in [0.717, 1.165) is 18.8 Å². The molecule has 0 aromatic heterocycles. The highest BCUT2D eigenvalue weighted by molar-refractivity contribution is 6.20. The number of rotatable bonds is 8. The zero-order valence-corrected chi connectivity index (χ0v) is 10.8. The normalized spacial score (nSPS) is 12.1. The van der Waals surface area contributed by atoms with Crippen LogP contribution in [0.4, 0.5) is 0 Å². The predicted molar refractivity (Wildman–Crippen MR) is 70.5 cm³/mol. The van der Waals surface area contributed by atoms with Crippen molar-refractivity contribution in [3.05, 3.63) is 34.7 Å². The lowest BCUT2D eigenvalue weighted by Gasteiger charge is -2.07. The molecule has 0 spiro atoms. The summed E-state index contributed by atoms with van der Waals surface area (Å²) in [5.41, 5.74) is -0.117. The van der Waals surface area contributed by atoms with Crippen LogP contribution >= 0.6 is 11.6 Å². The lowest BCUT2D eigenvalue weighted by molar-refractivity contribution is 0.305. The second kappa shape index (κ2) is 8.07. The molecule has 0 aliphatic heterocycles. The molecule has 0 fully saturated rings. The molecule has 0 bridgehead atoms. The van der Waals surface area contributed by atoms with Crippen molar-refractivity contribution >= 4 is 11.6 Å². The Morgan fingerprint density at radius 1 is 1.24 bits per heavy atom. The van der Waals surface area contributed by atoms with Crippen LogP contribution < -0.4 is 4.74 Å². The van der Waals surface area contributed by atoms with Gasteiger partial charge >= 0.3 is 0 Å². The van der Waals surface area contributed by atoms with Crippen molar-refractivity contribution in [2.75, 3.05) is 6.61 Å². The predicted octanol–water partition coefficient (Wildman–Crippen LogP) is 4.65. The minimum absolute atomic E-state index is 0.694. The molecule has 0 saturated heterocycles. The molecule has 0 heterocycles. The highest BCUT2D eigenvalue weighted by Gasteiger charge is 2.06. The molecule has 1 aromatic rings. The van der Waals surface area contributed by atoms with Gasteiger partial charge in [-0.1, -0.05) is 49.9 Å². The van der Waals surface area contributed by atoms with Gasteiger partial charge in [-0.25, -0.2) is 0 Å². The first-order chi connectivity index (χ1) is 8.27. The number of halogens is 1. The average molecular weight is 256 g/mol. The van der Waals surface area contributed by atoms with Crippen LogP contribution in [-0.2, 0) is 0 Å². The molecule has 0 N–H and O–H groups in total. The van der Waals surface area contributed by atoms with E-state index in [9.17, 15) is 4.91 Å². The summed E-state index contributed by atoms with van der Waals surface area (Å²) in [5, 5.41) is 2.76. The summed E-state index contributed by atoms with van der Waals surface area (Å²) in [6.45, 7) is 2.92. The number of hydrogen-bond acceptors (Lipinski definition) is 3. The molecule has 0 aliphatic rings. The van der Waals surface area contributed by atoms with Crippen LogP contribution in [0.25, 0.3) is 0 Å². The van der Waals surface area contributed by atoms with E-state index in [1.165, 1.54) is 19.3 Å². The van der Waals surface area contributed by atoms with E-state index in [4.69, 9.17) is 16.3 Å². The third-order valence-electron chi connectivity index (χ3n) is 2.51. The summed E-state index contributed by atoms with van der Waals surface area (Å²) in [4.78, 5) is 10.2. The van der Waals surface area contributed by atoms with Gasteiger partial charge in [-0.05, 0) is 29.3 Å². The average Bonchev–Trinajstić information content (AvgIpc) is 2.38. The van der Waals surface area contributed by atoms with Crippen molar-refractivity contribution < 1.29 is 4.74 Å². The Kier molecular flexibility index (Phi) is 6.63. The van der Waals surface area contributed by atoms with Gasteiger partial charge in [-0.2, -0.15) is 0 Å². The van der Waals surface area contributed by atoms with Crippen molar-refractivity contribution in [2.24, 2.45) is 5.18 Å². The van der Waals surface area contributed by atoms with Crippen molar-refractivity contribution in [3.63, 3.8) is 0 Å². The summed E-state index contributed by atoms with van der Waals surface area (Å²) >= 11 is 5.68. The molecule has 0 saturated carbocycles. The number of benzene rings is 1. The monoisotopic (exact) mass is 255 g/mol. The van der Waals surface area contributed by atoms with E-state index >= 15 is 0 Å². The Labute approximate surface area is 107 Å². The second-order valence-corrected chi connectivity index (χ2v) is 4.33. The minimum atomic E-state index is -0.811. The molecular weight excluding hydrogens is 238 g/mol. The molecule has 1 rings (SSSR count). The molecule has 4 heteroatoms. The zero-order chi connectivity index (χ0) is 12.5. The Hall–Kier alpha value is -1.09. The Balaban J connectivity index is 2.33. The van der Waals surface area contributed by atoms with Crippen molar-refractivity contribution in [1.29, 1.82) is 0 Å². The molecule has 94 valence electrons. The van der Waals surface area contributed by atoms with E-state index in [0.29, 0.717) is 5.56 Å². The van der Waals surface area contributed by atoms with Gasteiger partial charge in [0.15, 0.2) is 5.50 Å².